The summed E-state index contributed by atoms with van der Waals surface area (Å²) in [5, 5.41) is 3.07. The Morgan fingerprint density at radius 1 is 1.25 bits per heavy atom. The van der Waals surface area contributed by atoms with Gasteiger partial charge in [-0.2, -0.15) is 0 Å². The summed E-state index contributed by atoms with van der Waals surface area (Å²) in [6.45, 7) is 6.12. The van der Waals surface area contributed by atoms with Crippen LogP contribution >= 0.6 is 0 Å². The second-order valence-corrected chi connectivity index (χ2v) is 9.19. The molecule has 1 saturated carbocycles. The van der Waals surface area contributed by atoms with E-state index in [9.17, 15) is 9.00 Å². The predicted octanol–water partition coefficient (Wildman–Crippen LogP) is 4.16. The summed E-state index contributed by atoms with van der Waals surface area (Å²) in [5.41, 5.74) is 2.82. The lowest BCUT2D eigenvalue weighted by molar-refractivity contribution is -0.119. The number of carbonyl (C=O) groups excluding carboxylic acids is 1. The number of hydrogen-bond donors (Lipinski definition) is 1. The monoisotopic (exact) mass is 402 g/mol. The molecule has 0 aliphatic heterocycles. The molecule has 3 rings (SSSR count). The van der Waals surface area contributed by atoms with Gasteiger partial charge >= 0.3 is 0 Å². The Labute approximate surface area is 169 Å². The van der Waals surface area contributed by atoms with Crippen LogP contribution in [0, 0.1) is 12.8 Å². The van der Waals surface area contributed by atoms with Crippen LogP contribution in [-0.4, -0.2) is 26.9 Å². The number of amides is 1. The van der Waals surface area contributed by atoms with Gasteiger partial charge in [-0.05, 0) is 49.8 Å². The molecule has 1 aromatic carbocycles. The van der Waals surface area contributed by atoms with Gasteiger partial charge in [-0.25, -0.2) is 4.98 Å². The average Bonchev–Trinajstić information content (AvgIpc) is 3.04. The van der Waals surface area contributed by atoms with Crippen molar-refractivity contribution in [2.45, 2.75) is 64.7 Å². The highest BCUT2D eigenvalue weighted by molar-refractivity contribution is 7.84. The molecule has 0 radical (unpaired) electrons. The standard InChI is InChI=1S/C22H30N2O3S/c1-4-17-9-11-18(12-10-17)22-24-20(16(3)27-22)13-28(26)14-21(25)23-19-8-6-5-7-15(19)2/h9-12,15,19H,4-8,13-14H2,1-3H3,(H,23,25)/t15-,19-,28+/m1/s1. The van der Waals surface area contributed by atoms with Crippen molar-refractivity contribution in [3.8, 4) is 11.5 Å². The maximum atomic E-state index is 12.5. The number of nitrogens with zero attached hydrogens (tertiary/aromatic N) is 1. The molecule has 1 heterocycles. The number of oxazole rings is 1. The number of nitrogens with one attached hydrogen (secondary N) is 1. The molecule has 1 aliphatic rings. The van der Waals surface area contributed by atoms with Crippen LogP contribution < -0.4 is 5.32 Å². The van der Waals surface area contributed by atoms with Gasteiger partial charge in [-0.1, -0.05) is 38.8 Å². The SMILES string of the molecule is CCc1ccc(-c2nc(C[S@](=O)CC(=O)N[C@@H]3CCCC[C@H]3C)c(C)o2)cc1. The minimum Gasteiger partial charge on any atom is -0.441 e. The minimum absolute atomic E-state index is 0.00997. The molecule has 0 saturated heterocycles. The average molecular weight is 403 g/mol. The molecule has 2 aromatic rings. The largest absolute Gasteiger partial charge is 0.441 e. The summed E-state index contributed by atoms with van der Waals surface area (Å²) >= 11 is 0. The van der Waals surface area contributed by atoms with Crippen LogP contribution in [0.5, 0.6) is 0 Å². The number of hydrogen-bond acceptors (Lipinski definition) is 4. The van der Waals surface area contributed by atoms with Crippen LogP contribution in [0.3, 0.4) is 0 Å². The zero-order valence-electron chi connectivity index (χ0n) is 17.0. The maximum Gasteiger partial charge on any atom is 0.232 e. The topological polar surface area (TPSA) is 72.2 Å². The van der Waals surface area contributed by atoms with Gasteiger partial charge < -0.3 is 9.73 Å². The van der Waals surface area contributed by atoms with E-state index in [0.29, 0.717) is 23.3 Å². The Morgan fingerprint density at radius 3 is 2.64 bits per heavy atom. The normalized spacial score (nSPS) is 20.7. The number of aryl methyl sites for hydroxylation is 2. The molecule has 1 aliphatic carbocycles. The highest BCUT2D eigenvalue weighted by Gasteiger charge is 2.24. The van der Waals surface area contributed by atoms with Gasteiger partial charge in [0.2, 0.25) is 11.8 Å². The first-order chi connectivity index (χ1) is 13.5. The van der Waals surface area contributed by atoms with Gasteiger partial charge in [0.25, 0.3) is 0 Å². The molecule has 28 heavy (non-hydrogen) atoms. The summed E-state index contributed by atoms with van der Waals surface area (Å²) in [7, 11) is -1.31. The van der Waals surface area contributed by atoms with Crippen LogP contribution in [0.25, 0.3) is 11.5 Å². The molecule has 5 nitrogen and oxygen atoms in total. The number of aromatic nitrogens is 1. The molecular weight excluding hydrogens is 372 g/mol. The van der Waals surface area contributed by atoms with Crippen molar-refractivity contribution < 1.29 is 13.4 Å². The second-order valence-electron chi connectivity index (χ2n) is 7.74. The highest BCUT2D eigenvalue weighted by atomic mass is 32.2. The van der Waals surface area contributed by atoms with E-state index in [1.807, 2.05) is 19.1 Å². The summed E-state index contributed by atoms with van der Waals surface area (Å²) in [5.74, 6) is 1.79. The van der Waals surface area contributed by atoms with Gasteiger partial charge in [0.15, 0.2) is 0 Å². The molecule has 1 N–H and O–H groups in total. The summed E-state index contributed by atoms with van der Waals surface area (Å²) in [6, 6.07) is 8.31. The fourth-order valence-corrected chi connectivity index (χ4v) is 4.75. The first kappa shape index (κ1) is 20.8. The van der Waals surface area contributed by atoms with Gasteiger partial charge in [-0.15, -0.1) is 0 Å². The lowest BCUT2D eigenvalue weighted by Gasteiger charge is -2.29. The molecule has 1 fully saturated rings. The van der Waals surface area contributed by atoms with E-state index in [1.165, 1.54) is 12.0 Å². The van der Waals surface area contributed by atoms with E-state index in [0.717, 1.165) is 31.2 Å². The van der Waals surface area contributed by atoms with Crippen molar-refractivity contribution in [2.24, 2.45) is 5.92 Å². The van der Waals surface area contributed by atoms with Crippen LogP contribution in [-0.2, 0) is 27.8 Å². The van der Waals surface area contributed by atoms with E-state index in [4.69, 9.17) is 4.42 Å². The summed E-state index contributed by atoms with van der Waals surface area (Å²) < 4.78 is 18.3. The molecular formula is C22H30N2O3S. The van der Waals surface area contributed by atoms with Crippen molar-refractivity contribution in [1.29, 1.82) is 0 Å². The van der Waals surface area contributed by atoms with Crippen molar-refractivity contribution in [2.75, 3.05) is 5.75 Å². The van der Waals surface area contributed by atoms with E-state index in [2.05, 4.69) is 36.3 Å². The zero-order chi connectivity index (χ0) is 20.1. The van der Waals surface area contributed by atoms with E-state index >= 15 is 0 Å². The van der Waals surface area contributed by atoms with Crippen LogP contribution in [0.15, 0.2) is 28.7 Å². The quantitative estimate of drug-likeness (QED) is 0.755. The lowest BCUT2D eigenvalue weighted by atomic mass is 9.86. The molecule has 152 valence electrons. The van der Waals surface area contributed by atoms with Crippen LogP contribution in [0.4, 0.5) is 0 Å². The third-order valence-corrected chi connectivity index (χ3v) is 6.73. The maximum absolute atomic E-state index is 12.5. The number of rotatable bonds is 7. The molecule has 1 amide bonds. The Bertz CT molecular complexity index is 829. The van der Waals surface area contributed by atoms with Gasteiger partial charge in [0.1, 0.15) is 11.5 Å². The van der Waals surface area contributed by atoms with Crippen LogP contribution in [0.1, 0.15) is 56.5 Å². The van der Waals surface area contributed by atoms with Gasteiger partial charge in [-0.3, -0.25) is 9.00 Å². The molecule has 0 bridgehead atoms. The third-order valence-electron chi connectivity index (χ3n) is 5.55. The van der Waals surface area contributed by atoms with Crippen LogP contribution in [0.2, 0.25) is 0 Å². The zero-order valence-corrected chi connectivity index (χ0v) is 17.8. The van der Waals surface area contributed by atoms with E-state index in [1.54, 1.807) is 0 Å². The summed E-state index contributed by atoms with van der Waals surface area (Å²) in [6.07, 6.45) is 5.53. The molecule has 0 unspecified atom stereocenters. The van der Waals surface area contributed by atoms with Crippen molar-refractivity contribution in [3.05, 3.63) is 41.3 Å². The second kappa shape index (κ2) is 9.50. The van der Waals surface area contributed by atoms with E-state index < -0.39 is 10.8 Å². The third kappa shape index (κ3) is 5.31. The molecule has 1 aromatic heterocycles. The molecule has 0 spiro atoms. The number of benzene rings is 1. The van der Waals surface area contributed by atoms with Crippen molar-refractivity contribution >= 4 is 16.7 Å². The molecule has 3 atom stereocenters. The molecule has 6 heteroatoms. The Kier molecular flexibility index (Phi) is 7.05. The fraction of sp³-hybridized carbons (Fsp3) is 0.545. The van der Waals surface area contributed by atoms with E-state index in [-0.39, 0.29) is 23.5 Å². The Balaban J connectivity index is 1.57. The predicted molar refractivity (Wildman–Crippen MR) is 112 cm³/mol. The Morgan fingerprint density at radius 2 is 1.96 bits per heavy atom. The minimum atomic E-state index is -1.31. The van der Waals surface area contributed by atoms with Crippen molar-refractivity contribution in [3.63, 3.8) is 0 Å². The van der Waals surface area contributed by atoms with Gasteiger partial charge in [0.05, 0.1) is 11.4 Å². The smallest absolute Gasteiger partial charge is 0.232 e. The Hall–Kier alpha value is -1.95. The number of carbonyl (C=O) groups is 1. The lowest BCUT2D eigenvalue weighted by Crippen LogP contribution is -2.42. The van der Waals surface area contributed by atoms with Gasteiger partial charge in [0, 0.05) is 22.4 Å². The first-order valence-electron chi connectivity index (χ1n) is 10.2. The van der Waals surface area contributed by atoms with Crippen molar-refractivity contribution in [1.82, 2.24) is 10.3 Å². The fourth-order valence-electron chi connectivity index (χ4n) is 3.70. The first-order valence-corrected chi connectivity index (χ1v) is 11.6. The highest BCUT2D eigenvalue weighted by Crippen LogP contribution is 2.24. The summed E-state index contributed by atoms with van der Waals surface area (Å²) in [4.78, 5) is 16.8.